The van der Waals surface area contributed by atoms with Crippen molar-refractivity contribution in [1.29, 1.82) is 0 Å². The van der Waals surface area contributed by atoms with E-state index in [9.17, 15) is 18.8 Å². The van der Waals surface area contributed by atoms with Gasteiger partial charge in [0.15, 0.2) is 0 Å². The van der Waals surface area contributed by atoms with Crippen LogP contribution in [0.4, 0.5) is 15.8 Å². The Bertz CT molecular complexity index is 870. The molecule has 5 rings (SSSR count). The highest BCUT2D eigenvalue weighted by molar-refractivity contribution is 6.10. The van der Waals surface area contributed by atoms with E-state index in [0.29, 0.717) is 11.4 Å². The summed E-state index contributed by atoms with van der Waals surface area (Å²) in [6.07, 6.45) is 6.24. The average molecular weight is 413 g/mol. The number of benzene rings is 1. The molecule has 4 aliphatic rings. The van der Waals surface area contributed by atoms with Gasteiger partial charge in [-0.2, -0.15) is 0 Å². The number of amides is 3. The number of nitrogens with one attached hydrogen (secondary N) is 1. The topological polar surface area (TPSA) is 69.7 Å². The monoisotopic (exact) mass is 413 g/mol. The summed E-state index contributed by atoms with van der Waals surface area (Å²) in [4.78, 5) is 41.8. The van der Waals surface area contributed by atoms with Gasteiger partial charge in [0.25, 0.3) is 0 Å². The first-order chi connectivity index (χ1) is 14.5. The van der Waals surface area contributed by atoms with Crippen LogP contribution in [0.15, 0.2) is 18.2 Å². The van der Waals surface area contributed by atoms with E-state index in [1.54, 1.807) is 19.1 Å². The number of anilines is 2. The van der Waals surface area contributed by atoms with Gasteiger partial charge in [0.2, 0.25) is 17.7 Å². The average Bonchev–Trinajstić information content (AvgIpc) is 3.42. The highest BCUT2D eigenvalue weighted by atomic mass is 19.1. The van der Waals surface area contributed by atoms with Gasteiger partial charge in [-0.15, -0.1) is 0 Å². The molecule has 7 heteroatoms. The van der Waals surface area contributed by atoms with E-state index >= 15 is 0 Å². The number of hydrogen-bond donors (Lipinski definition) is 1. The third kappa shape index (κ3) is 3.01. The summed E-state index contributed by atoms with van der Waals surface area (Å²) in [7, 11) is 0. The Morgan fingerprint density at radius 2 is 1.70 bits per heavy atom. The van der Waals surface area contributed by atoms with E-state index in [2.05, 4.69) is 5.32 Å². The molecule has 2 aliphatic heterocycles. The van der Waals surface area contributed by atoms with Crippen LogP contribution < -0.4 is 10.2 Å². The normalized spacial score (nSPS) is 31.3. The van der Waals surface area contributed by atoms with Crippen molar-refractivity contribution in [3.8, 4) is 0 Å². The summed E-state index contributed by atoms with van der Waals surface area (Å²) >= 11 is 0. The van der Waals surface area contributed by atoms with Gasteiger partial charge in [-0.1, -0.05) is 0 Å². The molecule has 2 saturated heterocycles. The molecule has 1 aromatic carbocycles. The van der Waals surface area contributed by atoms with Crippen molar-refractivity contribution in [3.05, 3.63) is 24.0 Å². The highest BCUT2D eigenvalue weighted by Crippen LogP contribution is 2.56. The molecule has 1 aromatic rings. The lowest BCUT2D eigenvalue weighted by Gasteiger charge is -2.29. The van der Waals surface area contributed by atoms with Crippen LogP contribution in [0.25, 0.3) is 0 Å². The zero-order valence-electron chi connectivity index (χ0n) is 17.3. The molecule has 5 atom stereocenters. The number of hydrogen-bond acceptors (Lipinski definition) is 4. The minimum absolute atomic E-state index is 0.202. The smallest absolute Gasteiger partial charge is 0.247 e. The van der Waals surface area contributed by atoms with E-state index in [1.165, 1.54) is 12.5 Å². The van der Waals surface area contributed by atoms with E-state index in [0.717, 1.165) is 50.1 Å². The van der Waals surface area contributed by atoms with Crippen molar-refractivity contribution in [2.45, 2.75) is 51.5 Å². The number of carbonyl (C=O) groups excluding carboxylic acids is 3. The second-order valence-electron chi connectivity index (χ2n) is 9.31. The second kappa shape index (κ2) is 7.36. The Balaban J connectivity index is 1.28. The molecule has 5 unspecified atom stereocenters. The quantitative estimate of drug-likeness (QED) is 0.770. The lowest BCUT2D eigenvalue weighted by molar-refractivity contribution is -0.146. The minimum Gasteiger partial charge on any atom is -0.369 e. The number of nitrogens with zero attached hydrogens (tertiary/aromatic N) is 2. The van der Waals surface area contributed by atoms with Gasteiger partial charge in [0.05, 0.1) is 17.5 Å². The standard InChI is InChI=1S/C23H28FN3O3/c1-13(27-22(29)19-14-5-6-15(11-14)20(19)23(27)30)21(28)25-16-7-8-18(17(24)12-16)26-9-3-2-4-10-26/h7-8,12-15,19-20H,2-6,9-11H2,1H3,(H,25,28). The fraction of sp³-hybridized carbons (Fsp3) is 0.609. The molecule has 2 heterocycles. The van der Waals surface area contributed by atoms with Crippen molar-refractivity contribution in [2.75, 3.05) is 23.3 Å². The predicted molar refractivity (Wildman–Crippen MR) is 110 cm³/mol. The van der Waals surface area contributed by atoms with Crippen LogP contribution in [-0.2, 0) is 14.4 Å². The Labute approximate surface area is 175 Å². The minimum atomic E-state index is -0.903. The van der Waals surface area contributed by atoms with Gasteiger partial charge in [0.1, 0.15) is 11.9 Å². The van der Waals surface area contributed by atoms with Gasteiger partial charge in [-0.05, 0) is 75.5 Å². The van der Waals surface area contributed by atoms with Gasteiger partial charge < -0.3 is 10.2 Å². The largest absolute Gasteiger partial charge is 0.369 e. The van der Waals surface area contributed by atoms with Crippen LogP contribution in [0, 0.1) is 29.5 Å². The number of rotatable bonds is 4. The summed E-state index contributed by atoms with van der Waals surface area (Å²) in [5.74, 6) is -1.16. The zero-order valence-corrected chi connectivity index (χ0v) is 17.3. The van der Waals surface area contributed by atoms with Crippen LogP contribution >= 0.6 is 0 Å². The SMILES string of the molecule is CC(C(=O)Nc1ccc(N2CCCCC2)c(F)c1)N1C(=O)C2C3CCC(C3)C2C1=O. The van der Waals surface area contributed by atoms with E-state index in [-0.39, 0.29) is 41.3 Å². The molecular weight excluding hydrogens is 385 g/mol. The number of halogens is 1. The van der Waals surface area contributed by atoms with E-state index in [1.807, 2.05) is 4.90 Å². The Hall–Kier alpha value is -2.44. The van der Waals surface area contributed by atoms with Crippen LogP contribution in [0.5, 0.6) is 0 Å². The number of piperidine rings is 1. The van der Waals surface area contributed by atoms with Gasteiger partial charge in [0, 0.05) is 18.8 Å². The van der Waals surface area contributed by atoms with Gasteiger partial charge >= 0.3 is 0 Å². The van der Waals surface area contributed by atoms with E-state index < -0.39 is 11.9 Å². The van der Waals surface area contributed by atoms with Gasteiger partial charge in [-0.25, -0.2) is 4.39 Å². The summed E-state index contributed by atoms with van der Waals surface area (Å²) in [5, 5.41) is 2.69. The fourth-order valence-corrected chi connectivity index (χ4v) is 6.15. The molecule has 0 spiro atoms. The number of likely N-dealkylation sites (tertiary alicyclic amines) is 1. The number of imide groups is 1. The molecule has 6 nitrogen and oxygen atoms in total. The summed E-state index contributed by atoms with van der Waals surface area (Å²) < 4.78 is 14.6. The Kier molecular flexibility index (Phi) is 4.79. The lowest BCUT2D eigenvalue weighted by atomic mass is 9.81. The first kappa shape index (κ1) is 19.5. The molecule has 0 radical (unpaired) electrons. The predicted octanol–water partition coefficient (Wildman–Crippen LogP) is 3.17. The molecule has 0 aromatic heterocycles. The van der Waals surface area contributed by atoms with Crippen LogP contribution in [0.3, 0.4) is 0 Å². The molecule has 2 aliphatic carbocycles. The number of carbonyl (C=O) groups is 3. The summed E-state index contributed by atoms with van der Waals surface area (Å²) in [6.45, 7) is 3.25. The Morgan fingerprint density at radius 3 is 2.30 bits per heavy atom. The van der Waals surface area contributed by atoms with Crippen molar-refractivity contribution < 1.29 is 18.8 Å². The number of fused-ring (bicyclic) bond motifs is 5. The summed E-state index contributed by atoms with van der Waals surface area (Å²) in [6, 6.07) is 3.78. The van der Waals surface area contributed by atoms with Crippen molar-refractivity contribution in [1.82, 2.24) is 4.90 Å². The molecule has 2 saturated carbocycles. The van der Waals surface area contributed by atoms with Crippen LogP contribution in [-0.4, -0.2) is 41.8 Å². The molecule has 1 N–H and O–H groups in total. The van der Waals surface area contributed by atoms with Crippen LogP contribution in [0.2, 0.25) is 0 Å². The highest BCUT2D eigenvalue weighted by Gasteiger charge is 2.62. The maximum Gasteiger partial charge on any atom is 0.247 e. The molecule has 3 amide bonds. The Morgan fingerprint density at radius 1 is 1.07 bits per heavy atom. The van der Waals surface area contributed by atoms with E-state index in [4.69, 9.17) is 0 Å². The van der Waals surface area contributed by atoms with Crippen molar-refractivity contribution >= 4 is 29.1 Å². The van der Waals surface area contributed by atoms with Crippen LogP contribution in [0.1, 0.15) is 45.4 Å². The molecule has 4 fully saturated rings. The van der Waals surface area contributed by atoms with Crippen molar-refractivity contribution in [3.63, 3.8) is 0 Å². The third-order valence-electron chi connectivity index (χ3n) is 7.64. The second-order valence-corrected chi connectivity index (χ2v) is 9.31. The summed E-state index contributed by atoms with van der Waals surface area (Å²) in [5.41, 5.74) is 0.887. The third-order valence-corrected chi connectivity index (χ3v) is 7.64. The fourth-order valence-electron chi connectivity index (χ4n) is 6.15. The van der Waals surface area contributed by atoms with Gasteiger partial charge in [-0.3, -0.25) is 19.3 Å². The molecule has 160 valence electrons. The first-order valence-corrected chi connectivity index (χ1v) is 11.2. The molecular formula is C23H28FN3O3. The maximum atomic E-state index is 14.6. The lowest BCUT2D eigenvalue weighted by Crippen LogP contribution is -2.46. The molecule has 30 heavy (non-hydrogen) atoms. The molecule has 2 bridgehead atoms. The first-order valence-electron chi connectivity index (χ1n) is 11.2. The zero-order chi connectivity index (χ0) is 21.0. The van der Waals surface area contributed by atoms with Crippen molar-refractivity contribution in [2.24, 2.45) is 23.7 Å². The maximum absolute atomic E-state index is 14.6.